The lowest BCUT2D eigenvalue weighted by atomic mass is 9.85. The van der Waals surface area contributed by atoms with E-state index in [1.165, 1.54) is 5.52 Å². The van der Waals surface area contributed by atoms with Gasteiger partial charge in [0.15, 0.2) is 0 Å². The summed E-state index contributed by atoms with van der Waals surface area (Å²) < 4.78 is 2.32. The minimum absolute atomic E-state index is 0.101. The molecule has 2 aromatic rings. The standard InChI is InChI=1S/C16H26N4/c1-5-10-20-13-9-7-6-8-12(13)18-15(20)11-14(19-17)16(2,3)4/h6-9,14,19H,5,10-11,17H2,1-4H3. The average Bonchev–Trinajstić information content (AvgIpc) is 2.73. The number of nitrogens with two attached hydrogens (primary N) is 1. The van der Waals surface area contributed by atoms with Crippen LogP contribution in [0.3, 0.4) is 0 Å². The number of imidazole rings is 1. The van der Waals surface area contributed by atoms with E-state index in [-0.39, 0.29) is 11.5 Å². The molecule has 1 aromatic carbocycles. The highest BCUT2D eigenvalue weighted by Crippen LogP contribution is 2.24. The van der Waals surface area contributed by atoms with Crippen molar-refractivity contribution in [1.29, 1.82) is 0 Å². The van der Waals surface area contributed by atoms with Crippen LogP contribution in [0, 0.1) is 5.41 Å². The lowest BCUT2D eigenvalue weighted by Gasteiger charge is -2.29. The van der Waals surface area contributed by atoms with Crippen LogP contribution in [0.1, 0.15) is 39.9 Å². The molecular weight excluding hydrogens is 248 g/mol. The van der Waals surface area contributed by atoms with Crippen LogP contribution in [0.2, 0.25) is 0 Å². The van der Waals surface area contributed by atoms with E-state index in [0.717, 1.165) is 30.7 Å². The molecule has 2 rings (SSSR count). The van der Waals surface area contributed by atoms with E-state index < -0.39 is 0 Å². The number of nitrogens with one attached hydrogen (secondary N) is 1. The van der Waals surface area contributed by atoms with Crippen molar-refractivity contribution >= 4 is 11.0 Å². The molecule has 1 heterocycles. The molecule has 0 amide bonds. The van der Waals surface area contributed by atoms with Crippen LogP contribution in [0.25, 0.3) is 11.0 Å². The largest absolute Gasteiger partial charge is 0.328 e. The van der Waals surface area contributed by atoms with Crippen molar-refractivity contribution in [1.82, 2.24) is 15.0 Å². The van der Waals surface area contributed by atoms with Gasteiger partial charge in [-0.2, -0.15) is 0 Å². The number of hydrogen-bond acceptors (Lipinski definition) is 3. The summed E-state index contributed by atoms with van der Waals surface area (Å²) in [6, 6.07) is 8.53. The molecule has 0 aliphatic rings. The second kappa shape index (κ2) is 5.94. The summed E-state index contributed by atoms with van der Waals surface area (Å²) in [6.07, 6.45) is 1.94. The Morgan fingerprint density at radius 3 is 2.60 bits per heavy atom. The first kappa shape index (κ1) is 15.0. The minimum Gasteiger partial charge on any atom is -0.328 e. The van der Waals surface area contributed by atoms with Gasteiger partial charge in [-0.3, -0.25) is 11.3 Å². The summed E-state index contributed by atoms with van der Waals surface area (Å²) in [5.41, 5.74) is 5.34. The average molecular weight is 274 g/mol. The van der Waals surface area contributed by atoms with E-state index >= 15 is 0 Å². The van der Waals surface area contributed by atoms with Crippen molar-refractivity contribution < 1.29 is 0 Å². The molecule has 0 spiro atoms. The van der Waals surface area contributed by atoms with Gasteiger partial charge in [0, 0.05) is 19.0 Å². The van der Waals surface area contributed by atoms with Crippen LogP contribution in [0.5, 0.6) is 0 Å². The maximum atomic E-state index is 5.74. The van der Waals surface area contributed by atoms with Crippen molar-refractivity contribution in [3.63, 3.8) is 0 Å². The fraction of sp³-hybridized carbons (Fsp3) is 0.562. The van der Waals surface area contributed by atoms with Gasteiger partial charge in [0.2, 0.25) is 0 Å². The summed E-state index contributed by atoms with van der Waals surface area (Å²) in [4.78, 5) is 4.80. The van der Waals surface area contributed by atoms with Crippen LogP contribution in [-0.2, 0) is 13.0 Å². The molecule has 3 N–H and O–H groups in total. The molecule has 0 bridgehead atoms. The fourth-order valence-electron chi connectivity index (χ4n) is 2.55. The topological polar surface area (TPSA) is 55.9 Å². The SMILES string of the molecule is CCCn1c(CC(NN)C(C)(C)C)nc2ccccc21. The lowest BCUT2D eigenvalue weighted by molar-refractivity contribution is 0.264. The van der Waals surface area contributed by atoms with Gasteiger partial charge in [-0.1, -0.05) is 39.8 Å². The van der Waals surface area contributed by atoms with Gasteiger partial charge in [-0.25, -0.2) is 4.98 Å². The van der Waals surface area contributed by atoms with Crippen LogP contribution in [0.15, 0.2) is 24.3 Å². The first-order valence-electron chi connectivity index (χ1n) is 7.37. The Balaban J connectivity index is 2.40. The Kier molecular flexibility index (Phi) is 4.45. The molecule has 0 aliphatic carbocycles. The molecule has 20 heavy (non-hydrogen) atoms. The van der Waals surface area contributed by atoms with Gasteiger partial charge in [0.25, 0.3) is 0 Å². The van der Waals surface area contributed by atoms with E-state index in [4.69, 9.17) is 10.8 Å². The molecule has 0 saturated carbocycles. The van der Waals surface area contributed by atoms with E-state index in [2.05, 4.69) is 55.9 Å². The summed E-state index contributed by atoms with van der Waals surface area (Å²) in [7, 11) is 0. The summed E-state index contributed by atoms with van der Waals surface area (Å²) in [5, 5.41) is 0. The van der Waals surface area contributed by atoms with Gasteiger partial charge < -0.3 is 4.57 Å². The van der Waals surface area contributed by atoms with Gasteiger partial charge in [0.1, 0.15) is 5.82 Å². The number of aryl methyl sites for hydroxylation is 1. The minimum atomic E-state index is 0.101. The highest BCUT2D eigenvalue weighted by Gasteiger charge is 2.25. The second-order valence-electron chi connectivity index (χ2n) is 6.46. The van der Waals surface area contributed by atoms with Crippen molar-refractivity contribution in [3.8, 4) is 0 Å². The number of rotatable bonds is 5. The third kappa shape index (κ3) is 3.02. The molecule has 0 fully saturated rings. The van der Waals surface area contributed by atoms with Gasteiger partial charge in [-0.05, 0) is 24.0 Å². The smallest absolute Gasteiger partial charge is 0.111 e. The zero-order valence-electron chi connectivity index (χ0n) is 13.0. The van der Waals surface area contributed by atoms with Crippen molar-refractivity contribution in [3.05, 3.63) is 30.1 Å². The monoisotopic (exact) mass is 274 g/mol. The second-order valence-corrected chi connectivity index (χ2v) is 6.46. The predicted molar refractivity (Wildman–Crippen MR) is 84.3 cm³/mol. The van der Waals surface area contributed by atoms with E-state index in [1.54, 1.807) is 0 Å². The van der Waals surface area contributed by atoms with Crippen molar-refractivity contribution in [2.24, 2.45) is 11.3 Å². The molecule has 110 valence electrons. The van der Waals surface area contributed by atoms with Gasteiger partial charge in [0.05, 0.1) is 11.0 Å². The van der Waals surface area contributed by atoms with E-state index in [9.17, 15) is 0 Å². The van der Waals surface area contributed by atoms with Crippen LogP contribution in [-0.4, -0.2) is 15.6 Å². The zero-order chi connectivity index (χ0) is 14.8. The number of nitrogens with zero attached hydrogens (tertiary/aromatic N) is 2. The van der Waals surface area contributed by atoms with Crippen LogP contribution < -0.4 is 11.3 Å². The number of hydrazine groups is 1. The normalized spacial score (nSPS) is 13.8. The third-order valence-electron chi connectivity index (χ3n) is 3.81. The van der Waals surface area contributed by atoms with Crippen LogP contribution in [0.4, 0.5) is 0 Å². The Morgan fingerprint density at radius 2 is 2.00 bits per heavy atom. The Hall–Kier alpha value is -1.39. The molecular formula is C16H26N4. The molecule has 4 heteroatoms. The Morgan fingerprint density at radius 1 is 1.30 bits per heavy atom. The zero-order valence-corrected chi connectivity index (χ0v) is 13.0. The quantitative estimate of drug-likeness (QED) is 0.651. The third-order valence-corrected chi connectivity index (χ3v) is 3.81. The Labute approximate surface area is 121 Å². The molecule has 1 atom stereocenters. The number of benzene rings is 1. The first-order valence-corrected chi connectivity index (χ1v) is 7.37. The molecule has 0 aliphatic heterocycles. The molecule has 1 unspecified atom stereocenters. The van der Waals surface area contributed by atoms with E-state index in [0.29, 0.717) is 0 Å². The molecule has 0 radical (unpaired) electrons. The van der Waals surface area contributed by atoms with Crippen LogP contribution >= 0.6 is 0 Å². The predicted octanol–water partition coefficient (Wildman–Crippen LogP) is 2.87. The summed E-state index contributed by atoms with van der Waals surface area (Å²) in [6.45, 7) is 9.79. The van der Waals surface area contributed by atoms with Crippen molar-refractivity contribution in [2.45, 2.75) is 53.1 Å². The summed E-state index contributed by atoms with van der Waals surface area (Å²) >= 11 is 0. The highest BCUT2D eigenvalue weighted by molar-refractivity contribution is 5.75. The van der Waals surface area contributed by atoms with E-state index in [1.807, 2.05) is 6.07 Å². The maximum absolute atomic E-state index is 5.74. The number of para-hydroxylation sites is 2. The number of fused-ring (bicyclic) bond motifs is 1. The van der Waals surface area contributed by atoms with Gasteiger partial charge >= 0.3 is 0 Å². The van der Waals surface area contributed by atoms with Gasteiger partial charge in [-0.15, -0.1) is 0 Å². The highest BCUT2D eigenvalue weighted by atomic mass is 15.2. The number of aromatic nitrogens is 2. The Bertz CT molecular complexity index is 565. The van der Waals surface area contributed by atoms with Crippen molar-refractivity contribution in [2.75, 3.05) is 0 Å². The molecule has 1 aromatic heterocycles. The number of hydrogen-bond donors (Lipinski definition) is 2. The first-order chi connectivity index (χ1) is 9.47. The lowest BCUT2D eigenvalue weighted by Crippen LogP contribution is -2.46. The molecule has 0 saturated heterocycles. The maximum Gasteiger partial charge on any atom is 0.111 e. The molecule has 4 nitrogen and oxygen atoms in total. The fourth-order valence-corrected chi connectivity index (χ4v) is 2.55. The summed E-state index contributed by atoms with van der Waals surface area (Å²) in [5.74, 6) is 6.85.